The molecule has 122 valence electrons. The molecule has 0 saturated heterocycles. The van der Waals surface area contributed by atoms with Gasteiger partial charge in [-0.25, -0.2) is 4.79 Å². The molecule has 1 aromatic heterocycles. The van der Waals surface area contributed by atoms with E-state index in [-0.39, 0.29) is 6.61 Å². The summed E-state index contributed by atoms with van der Waals surface area (Å²) in [5.74, 6) is -0.482. The number of rotatable bonds is 5. The summed E-state index contributed by atoms with van der Waals surface area (Å²) < 4.78 is 11.8. The fourth-order valence-corrected chi connectivity index (χ4v) is 2.01. The number of benzene rings is 1. The number of ether oxygens (including phenoxy) is 2. The van der Waals surface area contributed by atoms with Crippen molar-refractivity contribution in [2.75, 3.05) is 19.0 Å². The van der Waals surface area contributed by atoms with E-state index >= 15 is 0 Å². The second kappa shape index (κ2) is 6.95. The first-order valence-corrected chi connectivity index (χ1v) is 7.02. The lowest BCUT2D eigenvalue weighted by molar-refractivity contribution is -0.119. The predicted octanol–water partition coefficient (Wildman–Crippen LogP) is 1.84. The van der Waals surface area contributed by atoms with Crippen LogP contribution in [-0.4, -0.2) is 35.4 Å². The molecule has 0 saturated carbocycles. The van der Waals surface area contributed by atoms with Gasteiger partial charge >= 0.3 is 5.97 Å². The fraction of sp³-hybridized carbons (Fsp3) is 0.312. The minimum Gasteiger partial charge on any atom is -0.495 e. The van der Waals surface area contributed by atoms with E-state index in [4.69, 9.17) is 9.47 Å². The van der Waals surface area contributed by atoms with Crippen molar-refractivity contribution in [1.29, 1.82) is 0 Å². The standard InChI is InChI=1S/C16H19N3O4/c1-10-5-6-14(22-4)13(7-10)18-15(20)9-23-16(21)12-8-17-19(3)11(12)2/h5-8H,9H2,1-4H3,(H,18,20). The van der Waals surface area contributed by atoms with Gasteiger partial charge in [-0.2, -0.15) is 5.10 Å². The van der Waals surface area contributed by atoms with E-state index in [0.29, 0.717) is 22.7 Å². The van der Waals surface area contributed by atoms with Crippen molar-refractivity contribution in [3.63, 3.8) is 0 Å². The molecule has 7 heteroatoms. The maximum Gasteiger partial charge on any atom is 0.342 e. The Balaban J connectivity index is 1.97. The van der Waals surface area contributed by atoms with Crippen LogP contribution in [0.1, 0.15) is 21.6 Å². The van der Waals surface area contributed by atoms with Crippen molar-refractivity contribution in [3.8, 4) is 5.75 Å². The Hall–Kier alpha value is -2.83. The molecule has 0 aliphatic carbocycles. The average molecular weight is 317 g/mol. The van der Waals surface area contributed by atoms with Crippen LogP contribution < -0.4 is 10.1 Å². The monoisotopic (exact) mass is 317 g/mol. The molecule has 1 N–H and O–H groups in total. The topological polar surface area (TPSA) is 82.4 Å². The molecule has 23 heavy (non-hydrogen) atoms. The molecule has 0 aliphatic heterocycles. The SMILES string of the molecule is COc1ccc(C)cc1NC(=O)COC(=O)c1cnn(C)c1C. The quantitative estimate of drug-likeness (QED) is 0.851. The summed E-state index contributed by atoms with van der Waals surface area (Å²) in [7, 11) is 3.24. The number of amides is 1. The van der Waals surface area contributed by atoms with Crippen LogP contribution in [0.4, 0.5) is 5.69 Å². The lowest BCUT2D eigenvalue weighted by atomic mass is 10.2. The van der Waals surface area contributed by atoms with Gasteiger partial charge in [-0.15, -0.1) is 0 Å². The van der Waals surface area contributed by atoms with Gasteiger partial charge in [0.1, 0.15) is 11.3 Å². The van der Waals surface area contributed by atoms with Gasteiger partial charge in [0, 0.05) is 12.7 Å². The zero-order chi connectivity index (χ0) is 17.0. The van der Waals surface area contributed by atoms with Crippen LogP contribution >= 0.6 is 0 Å². The van der Waals surface area contributed by atoms with E-state index in [1.165, 1.54) is 13.3 Å². The highest BCUT2D eigenvalue weighted by molar-refractivity contribution is 5.96. The van der Waals surface area contributed by atoms with Crippen LogP contribution in [-0.2, 0) is 16.6 Å². The van der Waals surface area contributed by atoms with Crippen molar-refractivity contribution < 1.29 is 19.1 Å². The Morgan fingerprint density at radius 3 is 2.65 bits per heavy atom. The van der Waals surface area contributed by atoms with Crippen LogP contribution in [0, 0.1) is 13.8 Å². The number of hydrogen-bond donors (Lipinski definition) is 1. The summed E-state index contributed by atoms with van der Waals surface area (Å²) >= 11 is 0. The van der Waals surface area contributed by atoms with Gasteiger partial charge in [0.25, 0.3) is 5.91 Å². The van der Waals surface area contributed by atoms with Crippen molar-refractivity contribution in [2.45, 2.75) is 13.8 Å². The van der Waals surface area contributed by atoms with Crippen LogP contribution in [0.25, 0.3) is 0 Å². The van der Waals surface area contributed by atoms with Crippen molar-refractivity contribution in [1.82, 2.24) is 9.78 Å². The number of nitrogens with zero attached hydrogens (tertiary/aromatic N) is 2. The molecular formula is C16H19N3O4. The van der Waals surface area contributed by atoms with E-state index < -0.39 is 11.9 Å². The highest BCUT2D eigenvalue weighted by atomic mass is 16.5. The molecule has 2 aromatic rings. The Bertz CT molecular complexity index is 737. The van der Waals surface area contributed by atoms with Gasteiger partial charge in [0.15, 0.2) is 6.61 Å². The second-order valence-electron chi connectivity index (χ2n) is 5.10. The van der Waals surface area contributed by atoms with Crippen molar-refractivity contribution >= 4 is 17.6 Å². The maximum atomic E-state index is 12.0. The molecule has 0 aliphatic rings. The first-order valence-electron chi connectivity index (χ1n) is 7.02. The van der Waals surface area contributed by atoms with Crippen LogP contribution in [0.15, 0.2) is 24.4 Å². The summed E-state index contributed by atoms with van der Waals surface area (Å²) in [6.07, 6.45) is 1.42. The molecule has 0 radical (unpaired) electrons. The maximum absolute atomic E-state index is 12.0. The molecular weight excluding hydrogens is 298 g/mol. The number of methoxy groups -OCH3 is 1. The largest absolute Gasteiger partial charge is 0.495 e. The summed E-state index contributed by atoms with van der Waals surface area (Å²) in [6.45, 7) is 3.27. The molecule has 1 amide bonds. The molecule has 2 rings (SSSR count). The van der Waals surface area contributed by atoms with E-state index in [1.807, 2.05) is 13.0 Å². The molecule has 7 nitrogen and oxygen atoms in total. The fourth-order valence-electron chi connectivity index (χ4n) is 2.01. The minimum atomic E-state index is -0.582. The second-order valence-corrected chi connectivity index (χ2v) is 5.10. The van der Waals surface area contributed by atoms with E-state index in [1.54, 1.807) is 30.8 Å². The number of carbonyl (C=O) groups excluding carboxylic acids is 2. The lowest BCUT2D eigenvalue weighted by Gasteiger charge is -2.11. The third-order valence-corrected chi connectivity index (χ3v) is 3.42. The van der Waals surface area contributed by atoms with Crippen molar-refractivity contribution in [3.05, 3.63) is 41.2 Å². The van der Waals surface area contributed by atoms with Gasteiger partial charge in [0.05, 0.1) is 19.0 Å². The Morgan fingerprint density at radius 1 is 1.30 bits per heavy atom. The number of aryl methyl sites for hydroxylation is 2. The average Bonchev–Trinajstić information content (AvgIpc) is 2.85. The summed E-state index contributed by atoms with van der Waals surface area (Å²) in [6, 6.07) is 5.42. The third-order valence-electron chi connectivity index (χ3n) is 3.42. The zero-order valence-corrected chi connectivity index (χ0v) is 13.5. The first kappa shape index (κ1) is 16.5. The number of anilines is 1. The molecule has 0 fully saturated rings. The number of carbonyl (C=O) groups is 2. The Kier molecular flexibility index (Phi) is 5.00. The molecule has 1 aromatic carbocycles. The minimum absolute atomic E-state index is 0.341. The highest BCUT2D eigenvalue weighted by Gasteiger charge is 2.16. The number of aromatic nitrogens is 2. The van der Waals surface area contributed by atoms with Gasteiger partial charge in [0.2, 0.25) is 0 Å². The lowest BCUT2D eigenvalue weighted by Crippen LogP contribution is -2.21. The van der Waals surface area contributed by atoms with Gasteiger partial charge in [-0.1, -0.05) is 6.07 Å². The smallest absolute Gasteiger partial charge is 0.342 e. The number of hydrogen-bond acceptors (Lipinski definition) is 5. The van der Waals surface area contributed by atoms with Gasteiger partial charge in [-0.3, -0.25) is 9.48 Å². The summed E-state index contributed by atoms with van der Waals surface area (Å²) in [4.78, 5) is 23.9. The molecule has 1 heterocycles. The highest BCUT2D eigenvalue weighted by Crippen LogP contribution is 2.25. The van der Waals surface area contributed by atoms with E-state index in [9.17, 15) is 9.59 Å². The Labute approximate surface area is 134 Å². The summed E-state index contributed by atoms with van der Waals surface area (Å²) in [5, 5.41) is 6.63. The van der Waals surface area contributed by atoms with Crippen LogP contribution in [0.2, 0.25) is 0 Å². The zero-order valence-electron chi connectivity index (χ0n) is 13.5. The van der Waals surface area contributed by atoms with Crippen molar-refractivity contribution in [2.24, 2.45) is 7.05 Å². The van der Waals surface area contributed by atoms with Gasteiger partial charge < -0.3 is 14.8 Å². The summed E-state index contributed by atoms with van der Waals surface area (Å²) in [5.41, 5.74) is 2.53. The third kappa shape index (κ3) is 3.88. The number of esters is 1. The van der Waals surface area contributed by atoms with E-state index in [0.717, 1.165) is 5.56 Å². The number of nitrogens with one attached hydrogen (secondary N) is 1. The normalized spacial score (nSPS) is 10.3. The van der Waals surface area contributed by atoms with Gasteiger partial charge in [-0.05, 0) is 31.5 Å². The van der Waals surface area contributed by atoms with Crippen LogP contribution in [0.3, 0.4) is 0 Å². The van der Waals surface area contributed by atoms with E-state index in [2.05, 4.69) is 10.4 Å². The molecule has 0 bridgehead atoms. The molecule has 0 unspecified atom stereocenters. The first-order chi connectivity index (χ1) is 10.9. The predicted molar refractivity (Wildman–Crippen MR) is 84.6 cm³/mol. The Morgan fingerprint density at radius 2 is 2.04 bits per heavy atom. The molecule has 0 atom stereocenters. The molecule has 0 spiro atoms. The van der Waals surface area contributed by atoms with Crippen LogP contribution in [0.5, 0.6) is 5.75 Å².